The van der Waals surface area contributed by atoms with Crippen LogP contribution in [0, 0.1) is 0 Å². The summed E-state index contributed by atoms with van der Waals surface area (Å²) in [6, 6.07) is 50.3. The third-order valence-corrected chi connectivity index (χ3v) is 11.3. The molecule has 10 aromatic rings. The summed E-state index contributed by atoms with van der Waals surface area (Å²) in [7, 11) is 45.8. The lowest BCUT2D eigenvalue weighted by atomic mass is 9.59. The van der Waals surface area contributed by atoms with Crippen molar-refractivity contribution in [3.05, 3.63) is 146 Å². The van der Waals surface area contributed by atoms with Crippen LogP contribution in [0.3, 0.4) is 0 Å². The van der Waals surface area contributed by atoms with Gasteiger partial charge in [-0.1, -0.05) is 149 Å². The minimum Gasteiger partial charge on any atom is -0.208 e. The van der Waals surface area contributed by atoms with Crippen LogP contribution in [0.25, 0.3) is 99.5 Å². The Labute approximate surface area is 351 Å². The molecular formula is C49H24B7N3. The van der Waals surface area contributed by atoms with Gasteiger partial charge in [-0.25, -0.2) is 15.0 Å². The molecule has 0 aliphatic carbocycles. The third-order valence-electron chi connectivity index (χ3n) is 11.3. The molecule has 10 rings (SSSR count). The van der Waals surface area contributed by atoms with E-state index in [4.69, 9.17) is 69.9 Å². The molecule has 0 spiro atoms. The first-order valence-corrected chi connectivity index (χ1v) is 19.0. The normalized spacial score (nSPS) is 11.5. The Balaban J connectivity index is 1.12. The Morgan fingerprint density at radius 3 is 1.49 bits per heavy atom. The summed E-state index contributed by atoms with van der Waals surface area (Å²) in [5.41, 5.74) is 7.12. The minimum atomic E-state index is 0.0979. The SMILES string of the molecule is [B]c1c([B])c([B])c2c([B])c(-c3nc(-c4cccc(-c5ccc6cc(-c7cccc8ccccc78)ccc6c5)c4)nc(-c4ccc5ccccc5c4)n3)c([B])c([B])c2c1[B]. The van der Waals surface area contributed by atoms with Gasteiger partial charge < -0.3 is 0 Å². The Morgan fingerprint density at radius 2 is 0.746 bits per heavy atom. The van der Waals surface area contributed by atoms with E-state index in [2.05, 4.69) is 97.1 Å². The fourth-order valence-corrected chi connectivity index (χ4v) is 8.15. The lowest BCUT2D eigenvalue weighted by Crippen LogP contribution is -2.52. The summed E-state index contributed by atoms with van der Waals surface area (Å²) in [5, 5.41) is 7.48. The predicted molar refractivity (Wildman–Crippen MR) is 255 cm³/mol. The van der Waals surface area contributed by atoms with Gasteiger partial charge in [0.1, 0.15) is 54.9 Å². The Morgan fingerprint density at radius 1 is 0.288 bits per heavy atom. The van der Waals surface area contributed by atoms with Crippen molar-refractivity contribution < 1.29 is 0 Å². The molecule has 1 aromatic heterocycles. The second-order valence-corrected chi connectivity index (χ2v) is 14.8. The van der Waals surface area contributed by atoms with E-state index >= 15 is 0 Å². The molecule has 1 heterocycles. The van der Waals surface area contributed by atoms with Gasteiger partial charge in [-0.05, 0) is 89.6 Å². The number of aromatic nitrogens is 3. The average molecular weight is 730 g/mol. The first kappa shape index (κ1) is 36.8. The maximum absolute atomic E-state index is 6.91. The van der Waals surface area contributed by atoms with Crippen molar-refractivity contribution in [1.82, 2.24) is 15.0 Å². The molecule has 9 aromatic carbocycles. The zero-order chi connectivity index (χ0) is 40.5. The number of hydrogen-bond donors (Lipinski definition) is 0. The highest BCUT2D eigenvalue weighted by Gasteiger charge is 2.21. The van der Waals surface area contributed by atoms with Crippen LogP contribution in [0.4, 0.5) is 0 Å². The highest BCUT2D eigenvalue weighted by molar-refractivity contribution is 6.72. The molecule has 0 bridgehead atoms. The molecule has 0 unspecified atom stereocenters. The van der Waals surface area contributed by atoms with Gasteiger partial charge >= 0.3 is 0 Å². The van der Waals surface area contributed by atoms with Crippen LogP contribution in [-0.2, 0) is 0 Å². The summed E-state index contributed by atoms with van der Waals surface area (Å²) < 4.78 is 0. The van der Waals surface area contributed by atoms with Crippen LogP contribution in [0.5, 0.6) is 0 Å². The summed E-state index contributed by atoms with van der Waals surface area (Å²) in [4.78, 5) is 15.0. The van der Waals surface area contributed by atoms with E-state index in [1.54, 1.807) is 0 Å². The molecule has 0 aliphatic rings. The first-order valence-electron chi connectivity index (χ1n) is 19.0. The van der Waals surface area contributed by atoms with Crippen LogP contribution in [0.15, 0.2) is 146 Å². The third kappa shape index (κ3) is 6.21. The van der Waals surface area contributed by atoms with Crippen LogP contribution >= 0.6 is 0 Å². The maximum atomic E-state index is 6.91. The Kier molecular flexibility index (Phi) is 8.98. The average Bonchev–Trinajstić information content (AvgIpc) is 3.28. The maximum Gasteiger partial charge on any atom is 0.164 e. The molecule has 0 atom stereocenters. The lowest BCUT2D eigenvalue weighted by molar-refractivity contribution is 1.08. The largest absolute Gasteiger partial charge is 0.208 e. The van der Waals surface area contributed by atoms with Crippen molar-refractivity contribution in [2.75, 3.05) is 0 Å². The standard InChI is InChI=1S/C49H24B7N3/c50-40-37-38(43(53)46(56)45(55)42(37)52)41(51)44(54)39(40)49-58-47(57-48(59-49)34-20-15-25-7-1-2-9-27(25)23-34)33-12-5-11-28(24-33)29-16-17-31-22-32(19-18-30(31)21-29)36-14-6-10-26-8-3-4-13-35(26)36/h1-24H. The Hall–Kier alpha value is -6.52. The molecule has 0 aliphatic heterocycles. The van der Waals surface area contributed by atoms with Crippen molar-refractivity contribution in [3.63, 3.8) is 0 Å². The van der Waals surface area contributed by atoms with Gasteiger partial charge in [0, 0.05) is 16.7 Å². The van der Waals surface area contributed by atoms with E-state index in [-0.39, 0.29) is 49.6 Å². The van der Waals surface area contributed by atoms with Gasteiger partial charge in [-0.15, -0.1) is 10.9 Å². The topological polar surface area (TPSA) is 38.7 Å². The molecule has 0 saturated heterocycles. The van der Waals surface area contributed by atoms with E-state index in [9.17, 15) is 0 Å². The van der Waals surface area contributed by atoms with Crippen molar-refractivity contribution in [1.29, 1.82) is 0 Å². The molecule has 0 saturated carbocycles. The molecule has 0 amide bonds. The van der Waals surface area contributed by atoms with Gasteiger partial charge in [-0.2, -0.15) is 0 Å². The quantitative estimate of drug-likeness (QED) is 0.247. The fourth-order valence-electron chi connectivity index (χ4n) is 8.15. The molecular weight excluding hydrogens is 706 g/mol. The molecule has 0 fully saturated rings. The fraction of sp³-hybridized carbons (Fsp3) is 0. The summed E-state index contributed by atoms with van der Waals surface area (Å²) in [5.74, 6) is 1.02. The molecule has 59 heavy (non-hydrogen) atoms. The number of nitrogens with zero attached hydrogens (tertiary/aromatic N) is 3. The highest BCUT2D eigenvalue weighted by Crippen LogP contribution is 2.34. The molecule has 14 radical (unpaired) electrons. The molecule has 10 heteroatoms. The van der Waals surface area contributed by atoms with Gasteiger partial charge in [0.25, 0.3) is 0 Å². The predicted octanol–water partition coefficient (Wildman–Crippen LogP) is 4.38. The van der Waals surface area contributed by atoms with E-state index in [1.807, 2.05) is 48.5 Å². The second kappa shape index (κ2) is 14.4. The number of hydrogen-bond acceptors (Lipinski definition) is 3. The highest BCUT2D eigenvalue weighted by atomic mass is 15.0. The van der Waals surface area contributed by atoms with Crippen LogP contribution in [0.2, 0.25) is 0 Å². The zero-order valence-electron chi connectivity index (χ0n) is 31.7. The smallest absolute Gasteiger partial charge is 0.164 e. The minimum absolute atomic E-state index is 0.0979. The van der Waals surface area contributed by atoms with Crippen molar-refractivity contribution in [2.45, 2.75) is 0 Å². The summed E-state index contributed by atoms with van der Waals surface area (Å²) >= 11 is 0. The van der Waals surface area contributed by atoms with Gasteiger partial charge in [0.2, 0.25) is 0 Å². The van der Waals surface area contributed by atoms with E-state index in [0.717, 1.165) is 43.8 Å². The molecule has 256 valence electrons. The number of fused-ring (bicyclic) bond motifs is 4. The Bertz CT molecular complexity index is 3380. The molecule has 0 N–H and O–H groups in total. The van der Waals surface area contributed by atoms with E-state index in [0.29, 0.717) is 22.4 Å². The van der Waals surface area contributed by atoms with Crippen LogP contribution in [0.1, 0.15) is 0 Å². The monoisotopic (exact) mass is 731 g/mol. The second-order valence-electron chi connectivity index (χ2n) is 14.8. The van der Waals surface area contributed by atoms with Gasteiger partial charge in [0.15, 0.2) is 17.5 Å². The van der Waals surface area contributed by atoms with Crippen molar-refractivity contribution in [2.24, 2.45) is 0 Å². The summed E-state index contributed by atoms with van der Waals surface area (Å²) in [6.45, 7) is 0. The van der Waals surface area contributed by atoms with Gasteiger partial charge in [-0.3, -0.25) is 0 Å². The summed E-state index contributed by atoms with van der Waals surface area (Å²) in [6.07, 6.45) is 0. The van der Waals surface area contributed by atoms with Crippen molar-refractivity contribution in [3.8, 4) is 56.4 Å². The number of rotatable bonds is 5. The first-order chi connectivity index (χ1) is 28.6. The van der Waals surface area contributed by atoms with E-state index in [1.165, 1.54) is 21.9 Å². The molecule has 3 nitrogen and oxygen atoms in total. The number of benzene rings is 9. The van der Waals surface area contributed by atoms with Crippen molar-refractivity contribution >= 4 is 136 Å². The van der Waals surface area contributed by atoms with E-state index < -0.39 is 0 Å². The lowest BCUT2D eigenvalue weighted by Gasteiger charge is -2.24. The van der Waals surface area contributed by atoms with Crippen LogP contribution < -0.4 is 38.2 Å². The zero-order valence-corrected chi connectivity index (χ0v) is 31.7. The van der Waals surface area contributed by atoms with Gasteiger partial charge in [0.05, 0.1) is 0 Å². The van der Waals surface area contributed by atoms with Crippen LogP contribution in [-0.4, -0.2) is 69.9 Å².